The number of nitrogens with zero attached hydrogens (tertiary/aromatic N) is 3. The number of hydrogen-bond acceptors (Lipinski definition) is 6. The second-order valence-electron chi connectivity index (χ2n) is 5.57. The van der Waals surface area contributed by atoms with Gasteiger partial charge in [-0.3, -0.25) is 4.79 Å². The molecule has 0 spiro atoms. The third kappa shape index (κ3) is 2.72. The van der Waals surface area contributed by atoms with Crippen LogP contribution in [0.5, 0.6) is 0 Å². The molecule has 0 aliphatic carbocycles. The topological polar surface area (TPSA) is 81.3 Å². The number of hydrogen-bond donors (Lipinski definition) is 1. The molecule has 0 radical (unpaired) electrons. The van der Waals surface area contributed by atoms with Gasteiger partial charge >= 0.3 is 0 Å². The molecule has 3 heterocycles. The number of ether oxygens (including phenoxy) is 1. The summed E-state index contributed by atoms with van der Waals surface area (Å²) in [6, 6.07) is 9.65. The highest BCUT2D eigenvalue weighted by molar-refractivity contribution is 7.22. The Kier molecular flexibility index (Phi) is 3.87. The zero-order valence-corrected chi connectivity index (χ0v) is 13.8. The minimum Gasteiger partial charge on any atom is -0.382 e. The SMILES string of the molecule is Nc1ncnc2cc(-c3ccc(C(=O)N4CCOCC4)cc3)sc12. The normalized spacial score (nSPS) is 14.9. The minimum absolute atomic E-state index is 0.0521. The van der Waals surface area contributed by atoms with Crippen molar-refractivity contribution in [3.63, 3.8) is 0 Å². The maximum Gasteiger partial charge on any atom is 0.254 e. The van der Waals surface area contributed by atoms with Crippen molar-refractivity contribution >= 4 is 33.3 Å². The van der Waals surface area contributed by atoms with E-state index in [0.29, 0.717) is 37.7 Å². The van der Waals surface area contributed by atoms with Crippen LogP contribution < -0.4 is 5.73 Å². The summed E-state index contributed by atoms with van der Waals surface area (Å²) in [6.45, 7) is 2.51. The predicted octanol–water partition coefficient (Wildman–Crippen LogP) is 2.41. The van der Waals surface area contributed by atoms with Crippen LogP contribution in [0, 0.1) is 0 Å². The number of carbonyl (C=O) groups excluding carboxylic acids is 1. The molecule has 4 rings (SSSR count). The van der Waals surface area contributed by atoms with E-state index in [0.717, 1.165) is 20.7 Å². The van der Waals surface area contributed by atoms with Gasteiger partial charge in [0, 0.05) is 23.5 Å². The van der Waals surface area contributed by atoms with Crippen molar-refractivity contribution in [2.75, 3.05) is 32.0 Å². The van der Waals surface area contributed by atoms with Gasteiger partial charge in [0.2, 0.25) is 0 Å². The van der Waals surface area contributed by atoms with Gasteiger partial charge in [-0.15, -0.1) is 11.3 Å². The van der Waals surface area contributed by atoms with Crippen LogP contribution in [0.4, 0.5) is 5.82 Å². The zero-order chi connectivity index (χ0) is 16.5. The third-order valence-electron chi connectivity index (χ3n) is 4.05. The fourth-order valence-electron chi connectivity index (χ4n) is 2.74. The standard InChI is InChI=1S/C17H16N4O2S/c18-16-15-13(19-10-20-16)9-14(24-15)11-1-3-12(4-2-11)17(22)21-5-7-23-8-6-21/h1-4,9-10H,5-8H2,(H2,18,19,20). The summed E-state index contributed by atoms with van der Waals surface area (Å²) in [5, 5.41) is 0. The van der Waals surface area contributed by atoms with E-state index < -0.39 is 0 Å². The number of amides is 1. The van der Waals surface area contributed by atoms with Crippen molar-refractivity contribution in [2.45, 2.75) is 0 Å². The molecule has 1 fully saturated rings. The molecule has 0 bridgehead atoms. The molecule has 122 valence electrons. The molecule has 24 heavy (non-hydrogen) atoms. The van der Waals surface area contributed by atoms with Crippen molar-refractivity contribution in [1.82, 2.24) is 14.9 Å². The maximum atomic E-state index is 12.5. The molecule has 0 atom stereocenters. The summed E-state index contributed by atoms with van der Waals surface area (Å²) >= 11 is 1.56. The Morgan fingerprint density at radius 1 is 1.17 bits per heavy atom. The number of morpholine rings is 1. The van der Waals surface area contributed by atoms with E-state index in [1.54, 1.807) is 11.3 Å². The molecule has 1 aliphatic heterocycles. The molecule has 0 unspecified atom stereocenters. The van der Waals surface area contributed by atoms with Crippen LogP contribution in [0.25, 0.3) is 20.7 Å². The number of aromatic nitrogens is 2. The predicted molar refractivity (Wildman–Crippen MR) is 94.0 cm³/mol. The van der Waals surface area contributed by atoms with Gasteiger partial charge in [0.05, 0.1) is 23.4 Å². The van der Waals surface area contributed by atoms with Crippen molar-refractivity contribution in [1.29, 1.82) is 0 Å². The van der Waals surface area contributed by atoms with Gasteiger partial charge in [0.25, 0.3) is 5.91 Å². The number of carbonyl (C=O) groups is 1. The second kappa shape index (κ2) is 6.18. The Bertz CT molecular complexity index is 885. The Labute approximate surface area is 142 Å². The summed E-state index contributed by atoms with van der Waals surface area (Å²) < 4.78 is 6.18. The lowest BCUT2D eigenvalue weighted by atomic mass is 10.1. The van der Waals surface area contributed by atoms with Crippen LogP contribution in [0.1, 0.15) is 10.4 Å². The van der Waals surface area contributed by atoms with E-state index in [2.05, 4.69) is 9.97 Å². The third-order valence-corrected chi connectivity index (χ3v) is 5.25. The first-order valence-corrected chi connectivity index (χ1v) is 8.51. The Balaban J connectivity index is 1.60. The van der Waals surface area contributed by atoms with Crippen LogP contribution in [0.15, 0.2) is 36.7 Å². The summed E-state index contributed by atoms with van der Waals surface area (Å²) in [5.74, 6) is 0.548. The number of benzene rings is 1. The number of nitrogen functional groups attached to an aromatic ring is 1. The van der Waals surface area contributed by atoms with Crippen LogP contribution in [0.2, 0.25) is 0 Å². The smallest absolute Gasteiger partial charge is 0.254 e. The van der Waals surface area contributed by atoms with Gasteiger partial charge < -0.3 is 15.4 Å². The van der Waals surface area contributed by atoms with Crippen molar-refractivity contribution in [2.24, 2.45) is 0 Å². The molecule has 7 heteroatoms. The quantitative estimate of drug-likeness (QED) is 0.775. The van der Waals surface area contributed by atoms with Crippen molar-refractivity contribution < 1.29 is 9.53 Å². The van der Waals surface area contributed by atoms with Crippen molar-refractivity contribution in [3.05, 3.63) is 42.2 Å². The second-order valence-corrected chi connectivity index (χ2v) is 6.62. The molecule has 1 aromatic carbocycles. The highest BCUT2D eigenvalue weighted by atomic mass is 32.1. The molecule has 6 nitrogen and oxygen atoms in total. The first kappa shape index (κ1) is 15.0. The first-order valence-electron chi connectivity index (χ1n) is 7.70. The molecule has 2 aromatic heterocycles. The maximum absolute atomic E-state index is 12.5. The van der Waals surface area contributed by atoms with Crippen LogP contribution >= 0.6 is 11.3 Å². The molecule has 1 aliphatic rings. The fourth-order valence-corrected chi connectivity index (χ4v) is 3.76. The molecule has 1 saturated heterocycles. The average Bonchev–Trinajstić information content (AvgIpc) is 3.08. The Hall–Kier alpha value is -2.51. The molecule has 1 amide bonds. The fraction of sp³-hybridized carbons (Fsp3) is 0.235. The molecular weight excluding hydrogens is 324 g/mol. The largest absolute Gasteiger partial charge is 0.382 e. The van der Waals surface area contributed by atoms with E-state index in [-0.39, 0.29) is 5.91 Å². The van der Waals surface area contributed by atoms with E-state index in [9.17, 15) is 4.79 Å². The highest BCUT2D eigenvalue weighted by Crippen LogP contribution is 2.34. The van der Waals surface area contributed by atoms with E-state index >= 15 is 0 Å². The van der Waals surface area contributed by atoms with Crippen LogP contribution in [-0.4, -0.2) is 47.1 Å². The molecule has 0 saturated carbocycles. The first-order chi connectivity index (χ1) is 11.7. The number of nitrogens with two attached hydrogens (primary N) is 1. The summed E-state index contributed by atoms with van der Waals surface area (Å²) in [6.07, 6.45) is 1.47. The minimum atomic E-state index is 0.0521. The summed E-state index contributed by atoms with van der Waals surface area (Å²) in [4.78, 5) is 23.6. The number of fused-ring (bicyclic) bond motifs is 1. The molecule has 2 N–H and O–H groups in total. The van der Waals surface area contributed by atoms with Gasteiger partial charge in [-0.2, -0.15) is 0 Å². The lowest BCUT2D eigenvalue weighted by Crippen LogP contribution is -2.40. The number of rotatable bonds is 2. The van der Waals surface area contributed by atoms with Gasteiger partial charge in [-0.05, 0) is 23.8 Å². The van der Waals surface area contributed by atoms with E-state index in [1.807, 2.05) is 35.2 Å². The van der Waals surface area contributed by atoms with Crippen molar-refractivity contribution in [3.8, 4) is 10.4 Å². The van der Waals surface area contributed by atoms with Crippen LogP contribution in [-0.2, 0) is 4.74 Å². The van der Waals surface area contributed by atoms with Crippen LogP contribution in [0.3, 0.4) is 0 Å². The Morgan fingerprint density at radius 2 is 1.92 bits per heavy atom. The average molecular weight is 340 g/mol. The zero-order valence-electron chi connectivity index (χ0n) is 12.9. The highest BCUT2D eigenvalue weighted by Gasteiger charge is 2.18. The van der Waals surface area contributed by atoms with E-state index in [1.165, 1.54) is 6.33 Å². The number of anilines is 1. The summed E-state index contributed by atoms with van der Waals surface area (Å²) in [7, 11) is 0. The number of thiophene rings is 1. The molecular formula is C17H16N4O2S. The Morgan fingerprint density at radius 3 is 2.62 bits per heavy atom. The van der Waals surface area contributed by atoms with Gasteiger partial charge in [-0.25, -0.2) is 9.97 Å². The van der Waals surface area contributed by atoms with Gasteiger partial charge in [0.15, 0.2) is 0 Å². The lowest BCUT2D eigenvalue weighted by molar-refractivity contribution is 0.0303. The van der Waals surface area contributed by atoms with Gasteiger partial charge in [-0.1, -0.05) is 12.1 Å². The van der Waals surface area contributed by atoms with E-state index in [4.69, 9.17) is 10.5 Å². The monoisotopic (exact) mass is 340 g/mol. The summed E-state index contributed by atoms with van der Waals surface area (Å²) in [5.41, 5.74) is 8.47. The van der Waals surface area contributed by atoms with Gasteiger partial charge in [0.1, 0.15) is 12.1 Å². The molecule has 3 aromatic rings. The lowest BCUT2D eigenvalue weighted by Gasteiger charge is -2.26.